The molecular formula is C31H35F6N5O6. The van der Waals surface area contributed by atoms with E-state index in [0.717, 1.165) is 0 Å². The molecule has 11 nitrogen and oxygen atoms in total. The molecule has 3 fully saturated rings. The van der Waals surface area contributed by atoms with Crippen LogP contribution in [0.25, 0.3) is 0 Å². The number of rotatable bonds is 8. The number of hydrogen-bond acceptors (Lipinski definition) is 8. The van der Waals surface area contributed by atoms with Gasteiger partial charge in [0.05, 0.1) is 41.7 Å². The number of carboxylic acid groups (broad SMARTS) is 1. The molecule has 0 unspecified atom stereocenters. The minimum absolute atomic E-state index is 0.0170. The molecule has 0 bridgehead atoms. The van der Waals surface area contributed by atoms with Crippen LogP contribution in [0.5, 0.6) is 0 Å². The van der Waals surface area contributed by atoms with Crippen molar-refractivity contribution in [2.45, 2.75) is 89.0 Å². The number of carbonyl (C=O) groups is 3. The Balaban J connectivity index is 1.39. The largest absolute Gasteiger partial charge is 0.481 e. The molecule has 0 radical (unpaired) electrons. The molecule has 3 heterocycles. The lowest BCUT2D eigenvalue weighted by atomic mass is 9.87. The van der Waals surface area contributed by atoms with E-state index in [1.165, 1.54) is 22.2 Å². The van der Waals surface area contributed by atoms with E-state index in [1.54, 1.807) is 4.90 Å². The monoisotopic (exact) mass is 687 g/mol. The topological polar surface area (TPSA) is 125 Å². The lowest BCUT2D eigenvalue weighted by molar-refractivity contribution is -0.144. The number of ether oxygens (including phenoxy) is 2. The van der Waals surface area contributed by atoms with E-state index in [9.17, 15) is 45.8 Å². The first-order valence-electron chi connectivity index (χ1n) is 15.7. The molecule has 3 aliphatic rings. The van der Waals surface area contributed by atoms with Gasteiger partial charge in [-0.2, -0.15) is 26.3 Å². The van der Waals surface area contributed by atoms with E-state index >= 15 is 0 Å². The number of aromatic nitrogens is 2. The summed E-state index contributed by atoms with van der Waals surface area (Å²) in [5.41, 5.74) is -2.85. The van der Waals surface area contributed by atoms with Gasteiger partial charge < -0.3 is 24.4 Å². The maximum absolute atomic E-state index is 13.7. The molecule has 1 N–H and O–H groups in total. The number of anilines is 2. The highest BCUT2D eigenvalue weighted by molar-refractivity contribution is 5.88. The third-order valence-electron chi connectivity index (χ3n) is 9.08. The van der Waals surface area contributed by atoms with Gasteiger partial charge in [0.15, 0.2) is 0 Å². The lowest BCUT2D eigenvalue weighted by Gasteiger charge is -2.43. The number of nitrogens with zero attached hydrogens (tertiary/aromatic N) is 5. The molecule has 2 atom stereocenters. The fourth-order valence-corrected chi connectivity index (χ4v) is 6.48. The summed E-state index contributed by atoms with van der Waals surface area (Å²) in [5, 5.41) is 9.24. The summed E-state index contributed by atoms with van der Waals surface area (Å²) in [6, 6.07) is 0.510. The summed E-state index contributed by atoms with van der Waals surface area (Å²) in [5.74, 6) is -1.34. The maximum atomic E-state index is 13.7. The molecule has 48 heavy (non-hydrogen) atoms. The zero-order valence-electron chi connectivity index (χ0n) is 26.0. The first-order valence-corrected chi connectivity index (χ1v) is 15.7. The Bertz CT molecular complexity index is 1450. The van der Waals surface area contributed by atoms with Crippen LogP contribution in [0.3, 0.4) is 0 Å². The van der Waals surface area contributed by atoms with Crippen molar-refractivity contribution in [2.24, 2.45) is 5.92 Å². The normalized spacial score (nSPS) is 23.5. The number of alkyl halides is 6. The predicted molar refractivity (Wildman–Crippen MR) is 157 cm³/mol. The first kappa shape index (κ1) is 35.0. The van der Waals surface area contributed by atoms with Gasteiger partial charge in [-0.05, 0) is 68.7 Å². The van der Waals surface area contributed by atoms with Crippen molar-refractivity contribution in [2.75, 3.05) is 29.5 Å². The van der Waals surface area contributed by atoms with E-state index < -0.39 is 66.2 Å². The number of carboxylic acids is 1. The van der Waals surface area contributed by atoms with E-state index in [1.807, 2.05) is 6.92 Å². The van der Waals surface area contributed by atoms with Crippen LogP contribution in [-0.2, 0) is 33.2 Å². The highest BCUT2D eigenvalue weighted by Gasteiger charge is 2.39. The molecule has 1 aromatic carbocycles. The fraction of sp³-hybridized carbons (Fsp3) is 0.581. The molecule has 2 aromatic rings. The number of hydrogen-bond donors (Lipinski definition) is 1. The van der Waals surface area contributed by atoms with Crippen LogP contribution < -0.4 is 9.80 Å². The van der Waals surface area contributed by atoms with Gasteiger partial charge >= 0.3 is 30.5 Å². The quantitative estimate of drug-likeness (QED) is 0.310. The van der Waals surface area contributed by atoms with Crippen molar-refractivity contribution in [3.05, 3.63) is 47.3 Å². The molecule has 5 rings (SSSR count). The van der Waals surface area contributed by atoms with Crippen LogP contribution in [0, 0.1) is 5.92 Å². The second kappa shape index (κ2) is 14.0. The number of cyclic esters (lactones) is 1. The minimum atomic E-state index is -5.03. The number of likely N-dealkylation sites (tertiary alicyclic amines) is 1. The third kappa shape index (κ3) is 8.03. The molecular weight excluding hydrogens is 652 g/mol. The van der Waals surface area contributed by atoms with Crippen molar-refractivity contribution < 1.29 is 55.3 Å². The Hall–Kier alpha value is -4.31. The van der Waals surface area contributed by atoms with Crippen molar-refractivity contribution in [1.82, 2.24) is 14.9 Å². The zero-order valence-corrected chi connectivity index (χ0v) is 26.0. The molecule has 1 aliphatic carbocycles. The molecule has 2 saturated heterocycles. The Morgan fingerprint density at radius 2 is 1.60 bits per heavy atom. The smallest absolute Gasteiger partial charge is 0.416 e. The average Bonchev–Trinajstić information content (AvgIpc) is 3.48. The summed E-state index contributed by atoms with van der Waals surface area (Å²) in [6.07, 6.45) is -6.34. The second-order valence-corrected chi connectivity index (χ2v) is 12.2. The van der Waals surface area contributed by atoms with Gasteiger partial charge in [0.25, 0.3) is 0 Å². The predicted octanol–water partition coefficient (Wildman–Crippen LogP) is 6.50. The standard InChI is InChI=1S/C31H35F6N5O6/c1-2-22-14-23(7-8-40(22)29(46)48-25-5-3-19(4-6-25)26(43)44)42(27-38-15-24(16-39-27)41-9-10-47-28(41)45)17-18-11-20(30(32,33)34)13-21(12-18)31(35,36)37/h11-13,15-16,19,22-23,25H,2-10,14,17H2,1H3,(H,43,44)/t19?,22-,23-,25?/m1/s1. The van der Waals surface area contributed by atoms with Crippen LogP contribution in [0.15, 0.2) is 30.6 Å². The Labute approximate surface area is 271 Å². The first-order chi connectivity index (χ1) is 22.6. The average molecular weight is 688 g/mol. The van der Waals surface area contributed by atoms with Gasteiger partial charge in [0.2, 0.25) is 5.95 Å². The number of halogens is 6. The van der Waals surface area contributed by atoms with Gasteiger partial charge in [-0.3, -0.25) is 9.69 Å². The summed E-state index contributed by atoms with van der Waals surface area (Å²) >= 11 is 0. The molecule has 1 saturated carbocycles. The number of piperidine rings is 1. The second-order valence-electron chi connectivity index (χ2n) is 12.2. The molecule has 0 spiro atoms. The van der Waals surface area contributed by atoms with Gasteiger partial charge in [-0.1, -0.05) is 6.92 Å². The van der Waals surface area contributed by atoms with Gasteiger partial charge in [-0.15, -0.1) is 0 Å². The fourth-order valence-electron chi connectivity index (χ4n) is 6.48. The lowest BCUT2D eigenvalue weighted by Crippen LogP contribution is -2.52. The Morgan fingerprint density at radius 1 is 0.979 bits per heavy atom. The summed E-state index contributed by atoms with van der Waals surface area (Å²) < 4.78 is 92.8. The molecule has 262 valence electrons. The zero-order chi connectivity index (χ0) is 34.8. The molecule has 2 amide bonds. The van der Waals surface area contributed by atoms with Crippen molar-refractivity contribution in [3.63, 3.8) is 0 Å². The highest BCUT2D eigenvalue weighted by Crippen LogP contribution is 2.38. The van der Waals surface area contributed by atoms with Crippen molar-refractivity contribution in [1.29, 1.82) is 0 Å². The molecule has 1 aromatic heterocycles. The van der Waals surface area contributed by atoms with E-state index in [-0.39, 0.29) is 56.2 Å². The van der Waals surface area contributed by atoms with Gasteiger partial charge in [0, 0.05) is 25.2 Å². The summed E-state index contributed by atoms with van der Waals surface area (Å²) in [7, 11) is 0. The van der Waals surface area contributed by atoms with E-state index in [0.29, 0.717) is 49.9 Å². The molecule has 17 heteroatoms. The Morgan fingerprint density at radius 3 is 2.12 bits per heavy atom. The van der Waals surface area contributed by atoms with Gasteiger partial charge in [0.1, 0.15) is 12.7 Å². The molecule has 2 aliphatic heterocycles. The van der Waals surface area contributed by atoms with Gasteiger partial charge in [-0.25, -0.2) is 19.6 Å². The SMILES string of the molecule is CC[C@@H]1C[C@H](N(Cc2cc(C(F)(F)F)cc(C(F)(F)F)c2)c2ncc(N3CCOC3=O)cn2)CCN1C(=O)OC1CCC(C(=O)O)CC1. The number of benzene rings is 1. The van der Waals surface area contributed by atoms with Crippen LogP contribution in [0.1, 0.15) is 68.6 Å². The summed E-state index contributed by atoms with van der Waals surface area (Å²) in [6.45, 7) is 2.03. The van der Waals surface area contributed by atoms with Crippen LogP contribution in [0.4, 0.5) is 47.6 Å². The maximum Gasteiger partial charge on any atom is 0.416 e. The summed E-state index contributed by atoms with van der Waals surface area (Å²) in [4.78, 5) is 49.6. The van der Waals surface area contributed by atoms with Crippen LogP contribution in [0.2, 0.25) is 0 Å². The number of amides is 2. The van der Waals surface area contributed by atoms with E-state index in [4.69, 9.17) is 9.47 Å². The van der Waals surface area contributed by atoms with Crippen molar-refractivity contribution in [3.8, 4) is 0 Å². The highest BCUT2D eigenvalue weighted by atomic mass is 19.4. The van der Waals surface area contributed by atoms with E-state index in [2.05, 4.69) is 9.97 Å². The minimum Gasteiger partial charge on any atom is -0.481 e. The Kier molecular flexibility index (Phi) is 10.2. The number of carbonyl (C=O) groups excluding carboxylic acids is 2. The third-order valence-corrected chi connectivity index (χ3v) is 9.08. The van der Waals surface area contributed by atoms with Crippen LogP contribution in [-0.4, -0.2) is 76.0 Å². The van der Waals surface area contributed by atoms with Crippen LogP contribution >= 0.6 is 0 Å². The number of aliphatic carboxylic acids is 1. The van der Waals surface area contributed by atoms with Crippen molar-refractivity contribution >= 4 is 29.8 Å².